The lowest BCUT2D eigenvalue weighted by atomic mass is 10.2. The summed E-state index contributed by atoms with van der Waals surface area (Å²) in [4.78, 5) is 17.1. The number of amides is 1. The van der Waals surface area contributed by atoms with Crippen LogP contribution in [-0.4, -0.2) is 32.5 Å². The van der Waals surface area contributed by atoms with E-state index < -0.39 is 0 Å². The molecule has 4 aromatic rings. The summed E-state index contributed by atoms with van der Waals surface area (Å²) in [6.45, 7) is 0.608. The average molecular weight is 609 g/mol. The third-order valence-electron chi connectivity index (χ3n) is 4.66. The number of para-hydroxylation sites is 2. The summed E-state index contributed by atoms with van der Waals surface area (Å²) in [5, 5.41) is 15.5. The van der Waals surface area contributed by atoms with Gasteiger partial charge in [-0.2, -0.15) is 5.10 Å². The number of hydrogen-bond donors (Lipinski definition) is 2. The summed E-state index contributed by atoms with van der Waals surface area (Å²) in [6.07, 6.45) is 1.39. The van der Waals surface area contributed by atoms with Crippen molar-refractivity contribution in [1.29, 1.82) is 0 Å². The zero-order valence-corrected chi connectivity index (χ0v) is 21.7. The van der Waals surface area contributed by atoms with Gasteiger partial charge in [0.05, 0.1) is 34.0 Å². The van der Waals surface area contributed by atoms with Crippen LogP contribution in [0, 0.1) is 0 Å². The van der Waals surface area contributed by atoms with Crippen LogP contribution >= 0.6 is 55.2 Å². The van der Waals surface area contributed by atoms with E-state index in [9.17, 15) is 9.90 Å². The van der Waals surface area contributed by atoms with Gasteiger partial charge in [0.2, 0.25) is 0 Å². The second kappa shape index (κ2) is 10.7. The number of halogens is 3. The summed E-state index contributed by atoms with van der Waals surface area (Å²) in [5.41, 5.74) is 5.90. The highest BCUT2D eigenvalue weighted by atomic mass is 79.9. The Kier molecular flexibility index (Phi) is 7.75. The first kappa shape index (κ1) is 23.8. The number of hydrazone groups is 1. The monoisotopic (exact) mass is 606 g/mol. The number of fused-ring (bicyclic) bond motifs is 1. The molecular formula is C23H17Br2ClN4O2S. The van der Waals surface area contributed by atoms with E-state index >= 15 is 0 Å². The zero-order chi connectivity index (χ0) is 23.4. The van der Waals surface area contributed by atoms with E-state index in [1.165, 1.54) is 18.0 Å². The molecule has 0 atom stereocenters. The number of nitrogens with zero attached hydrogens (tertiary/aromatic N) is 3. The van der Waals surface area contributed by atoms with E-state index in [0.29, 0.717) is 21.6 Å². The van der Waals surface area contributed by atoms with Crippen molar-refractivity contribution in [2.75, 3.05) is 5.75 Å². The molecule has 0 bridgehead atoms. The van der Waals surface area contributed by atoms with E-state index in [1.807, 2.05) is 48.5 Å². The number of carbonyl (C=O) groups excluding carboxylic acids is 1. The number of carbonyl (C=O) groups is 1. The molecule has 0 spiro atoms. The van der Waals surface area contributed by atoms with Crippen LogP contribution in [0.15, 0.2) is 79.9 Å². The Morgan fingerprint density at radius 1 is 1.18 bits per heavy atom. The van der Waals surface area contributed by atoms with Gasteiger partial charge in [-0.15, -0.1) is 0 Å². The van der Waals surface area contributed by atoms with Crippen molar-refractivity contribution in [3.05, 3.63) is 85.8 Å². The van der Waals surface area contributed by atoms with Crippen LogP contribution in [0.2, 0.25) is 5.02 Å². The van der Waals surface area contributed by atoms with Crippen molar-refractivity contribution in [2.45, 2.75) is 11.7 Å². The number of benzene rings is 3. The number of aromatic hydroxyl groups is 1. The minimum atomic E-state index is -0.282. The molecule has 0 radical (unpaired) electrons. The number of aromatic nitrogens is 2. The number of phenols is 1. The van der Waals surface area contributed by atoms with Crippen LogP contribution in [0.25, 0.3) is 11.0 Å². The fourth-order valence-electron chi connectivity index (χ4n) is 3.11. The number of imidazole rings is 1. The van der Waals surface area contributed by atoms with Crippen LogP contribution < -0.4 is 5.43 Å². The van der Waals surface area contributed by atoms with E-state index in [0.717, 1.165) is 26.2 Å². The molecule has 10 heteroatoms. The van der Waals surface area contributed by atoms with Gasteiger partial charge >= 0.3 is 0 Å². The summed E-state index contributed by atoms with van der Waals surface area (Å²) < 4.78 is 3.38. The molecular weight excluding hydrogens is 592 g/mol. The first-order valence-electron chi connectivity index (χ1n) is 9.73. The number of hydrogen-bond acceptors (Lipinski definition) is 5. The number of thioether (sulfide) groups is 1. The van der Waals surface area contributed by atoms with Crippen molar-refractivity contribution >= 4 is 78.4 Å². The van der Waals surface area contributed by atoms with Crippen molar-refractivity contribution < 1.29 is 9.90 Å². The molecule has 1 amide bonds. The maximum Gasteiger partial charge on any atom is 0.250 e. The van der Waals surface area contributed by atoms with Crippen molar-refractivity contribution in [3.8, 4) is 5.75 Å². The van der Waals surface area contributed by atoms with Gasteiger partial charge in [0.15, 0.2) is 5.16 Å². The number of nitrogens with one attached hydrogen (secondary N) is 1. The fraction of sp³-hybridized carbons (Fsp3) is 0.0870. The maximum absolute atomic E-state index is 12.4. The molecule has 0 aliphatic heterocycles. The first-order valence-corrected chi connectivity index (χ1v) is 12.7. The summed E-state index contributed by atoms with van der Waals surface area (Å²) in [6, 6.07) is 18.9. The third kappa shape index (κ3) is 5.97. The van der Waals surface area contributed by atoms with Gasteiger partial charge in [-0.3, -0.25) is 4.79 Å². The summed E-state index contributed by atoms with van der Waals surface area (Å²) in [7, 11) is 0. The summed E-state index contributed by atoms with van der Waals surface area (Å²) in [5.74, 6) is -0.105. The molecule has 0 fully saturated rings. The lowest BCUT2D eigenvalue weighted by Gasteiger charge is -2.09. The van der Waals surface area contributed by atoms with Crippen LogP contribution in [0.5, 0.6) is 5.75 Å². The molecule has 1 heterocycles. The lowest BCUT2D eigenvalue weighted by Crippen LogP contribution is -2.20. The molecule has 4 rings (SSSR count). The van der Waals surface area contributed by atoms with Crippen LogP contribution in [0.1, 0.15) is 11.1 Å². The minimum Gasteiger partial charge on any atom is -0.506 e. The Balaban J connectivity index is 1.45. The second-order valence-corrected chi connectivity index (χ2v) is 10.2. The largest absolute Gasteiger partial charge is 0.506 e. The molecule has 168 valence electrons. The van der Waals surface area contributed by atoms with Gasteiger partial charge in [-0.25, -0.2) is 10.4 Å². The number of rotatable bonds is 7. The third-order valence-corrected chi connectivity index (χ3v) is 6.95. The number of phenolic OH excluding ortho intramolecular Hbond substituents is 1. The SMILES string of the molecule is O=C(CSc1nc2ccccc2n1Cc1ccc(Cl)cc1)N/N=C/c1cc(Br)cc(Br)c1O. The molecule has 2 N–H and O–H groups in total. The Morgan fingerprint density at radius 2 is 1.94 bits per heavy atom. The highest BCUT2D eigenvalue weighted by molar-refractivity contribution is 9.11. The minimum absolute atomic E-state index is 0.0430. The fourth-order valence-corrected chi connectivity index (χ4v) is 5.30. The molecule has 6 nitrogen and oxygen atoms in total. The van der Waals surface area contributed by atoms with Gasteiger partial charge in [-0.1, -0.05) is 63.6 Å². The van der Waals surface area contributed by atoms with Gasteiger partial charge in [0.25, 0.3) is 5.91 Å². The second-order valence-electron chi connectivity index (χ2n) is 7.00. The van der Waals surface area contributed by atoms with Crippen LogP contribution in [0.3, 0.4) is 0 Å². The highest BCUT2D eigenvalue weighted by Crippen LogP contribution is 2.30. The Labute approximate surface area is 216 Å². The van der Waals surface area contributed by atoms with Gasteiger partial charge in [-0.05, 0) is 57.9 Å². The standard InChI is InChI=1S/C23H17Br2ClN4O2S/c24-16-9-15(22(32)18(25)10-16)11-27-29-21(31)13-33-23-28-19-3-1-2-4-20(19)30(23)12-14-5-7-17(26)8-6-14/h1-11,32H,12-13H2,(H,29,31)/b27-11+. The topological polar surface area (TPSA) is 79.5 Å². The lowest BCUT2D eigenvalue weighted by molar-refractivity contribution is -0.118. The Bertz CT molecular complexity index is 1340. The summed E-state index contributed by atoms with van der Waals surface area (Å²) >= 11 is 14.0. The predicted molar refractivity (Wildman–Crippen MR) is 140 cm³/mol. The van der Waals surface area contributed by atoms with Crippen molar-refractivity contribution in [1.82, 2.24) is 15.0 Å². The Hall–Kier alpha value is -2.33. The van der Waals surface area contributed by atoms with E-state index in [4.69, 9.17) is 16.6 Å². The van der Waals surface area contributed by atoms with Crippen LogP contribution in [0.4, 0.5) is 0 Å². The quantitative estimate of drug-likeness (QED) is 0.149. The maximum atomic E-state index is 12.4. The average Bonchev–Trinajstić information content (AvgIpc) is 3.14. The molecule has 33 heavy (non-hydrogen) atoms. The highest BCUT2D eigenvalue weighted by Gasteiger charge is 2.13. The van der Waals surface area contributed by atoms with E-state index in [-0.39, 0.29) is 17.4 Å². The first-order chi connectivity index (χ1) is 15.9. The normalized spacial score (nSPS) is 11.4. The molecule has 0 aliphatic carbocycles. The molecule has 3 aromatic carbocycles. The van der Waals surface area contributed by atoms with Gasteiger partial charge in [0, 0.05) is 15.1 Å². The zero-order valence-electron chi connectivity index (χ0n) is 17.0. The van der Waals surface area contributed by atoms with Crippen LogP contribution in [-0.2, 0) is 11.3 Å². The predicted octanol–water partition coefficient (Wildman–Crippen LogP) is 6.21. The molecule has 1 aromatic heterocycles. The molecule has 0 saturated heterocycles. The van der Waals surface area contributed by atoms with Gasteiger partial charge in [0.1, 0.15) is 5.75 Å². The smallest absolute Gasteiger partial charge is 0.250 e. The van der Waals surface area contributed by atoms with Crippen molar-refractivity contribution in [3.63, 3.8) is 0 Å². The molecule has 0 saturated carbocycles. The van der Waals surface area contributed by atoms with Gasteiger partial charge < -0.3 is 9.67 Å². The van der Waals surface area contributed by atoms with E-state index in [1.54, 1.807) is 12.1 Å². The van der Waals surface area contributed by atoms with E-state index in [2.05, 4.69) is 47.0 Å². The van der Waals surface area contributed by atoms with Crippen molar-refractivity contribution in [2.24, 2.45) is 5.10 Å². The molecule has 0 aliphatic rings. The molecule has 0 unspecified atom stereocenters. The Morgan fingerprint density at radius 3 is 2.73 bits per heavy atom.